The monoisotopic (exact) mass is 184 g/mol. The van der Waals surface area contributed by atoms with Crippen LogP contribution in [-0.4, -0.2) is 32.1 Å². The highest BCUT2D eigenvalue weighted by Crippen LogP contribution is 2.17. The molecule has 0 spiro atoms. The first-order chi connectivity index (χ1) is 6.34. The van der Waals surface area contributed by atoms with E-state index in [2.05, 4.69) is 0 Å². The van der Waals surface area contributed by atoms with Crippen molar-refractivity contribution >= 4 is 5.97 Å². The number of rotatable bonds is 3. The second-order valence-electron chi connectivity index (χ2n) is 3.12. The second kappa shape index (κ2) is 3.89. The van der Waals surface area contributed by atoms with E-state index in [9.17, 15) is 4.79 Å². The summed E-state index contributed by atoms with van der Waals surface area (Å²) in [5.74, 6) is -0.233. The van der Waals surface area contributed by atoms with Gasteiger partial charge in [0.05, 0.1) is 13.2 Å². The molecule has 0 unspecified atom stereocenters. The fraction of sp³-hybridized carbons (Fsp3) is 0.667. The summed E-state index contributed by atoms with van der Waals surface area (Å²) in [4.78, 5) is 10.7. The third kappa shape index (κ3) is 2.29. The molecule has 2 aliphatic rings. The lowest BCUT2D eigenvalue weighted by molar-refractivity contribution is -0.134. The van der Waals surface area contributed by atoms with Crippen molar-refractivity contribution in [2.75, 3.05) is 19.8 Å². The second-order valence-corrected chi connectivity index (χ2v) is 3.12. The molecule has 1 fully saturated rings. The highest BCUT2D eigenvalue weighted by Gasteiger charge is 2.18. The van der Waals surface area contributed by atoms with Crippen molar-refractivity contribution in [3.8, 4) is 0 Å². The highest BCUT2D eigenvalue weighted by molar-refractivity contribution is 5.85. The summed E-state index contributed by atoms with van der Waals surface area (Å²) in [6.07, 6.45) is 3.09. The van der Waals surface area contributed by atoms with Crippen molar-refractivity contribution in [1.82, 2.24) is 0 Å². The Labute approximate surface area is 76.5 Å². The number of esters is 1. The molecule has 0 aliphatic carbocycles. The molecule has 4 heteroatoms. The smallest absolute Gasteiger partial charge is 0.331 e. The summed E-state index contributed by atoms with van der Waals surface area (Å²) in [5.41, 5.74) is 1.03. The maximum Gasteiger partial charge on any atom is 0.331 e. The summed E-state index contributed by atoms with van der Waals surface area (Å²) < 4.78 is 15.3. The van der Waals surface area contributed by atoms with E-state index in [4.69, 9.17) is 14.2 Å². The van der Waals surface area contributed by atoms with Gasteiger partial charge in [-0.05, 0) is 12.0 Å². The number of cyclic esters (lactones) is 1. The van der Waals surface area contributed by atoms with E-state index in [1.807, 2.05) is 0 Å². The third-order valence-corrected chi connectivity index (χ3v) is 2.11. The van der Waals surface area contributed by atoms with Crippen LogP contribution in [0.4, 0.5) is 0 Å². The molecule has 0 radical (unpaired) electrons. The van der Waals surface area contributed by atoms with Crippen molar-refractivity contribution in [1.29, 1.82) is 0 Å². The molecule has 1 saturated heterocycles. The van der Waals surface area contributed by atoms with Crippen molar-refractivity contribution in [3.63, 3.8) is 0 Å². The standard InChI is InChI=1S/C9H12O4/c10-8-5-7(6-13-8)1-2-9-11-3-4-12-9/h5,9H,1-4,6H2. The van der Waals surface area contributed by atoms with Crippen molar-refractivity contribution in [2.45, 2.75) is 19.1 Å². The van der Waals surface area contributed by atoms with E-state index in [-0.39, 0.29) is 12.3 Å². The molecular weight excluding hydrogens is 172 g/mol. The minimum absolute atomic E-state index is 0.0865. The fourth-order valence-electron chi connectivity index (χ4n) is 1.44. The van der Waals surface area contributed by atoms with E-state index in [0.29, 0.717) is 19.8 Å². The summed E-state index contributed by atoms with van der Waals surface area (Å²) in [7, 11) is 0. The first kappa shape index (κ1) is 8.72. The van der Waals surface area contributed by atoms with Crippen LogP contribution in [0.3, 0.4) is 0 Å². The molecule has 0 saturated carbocycles. The Kier molecular flexibility index (Phi) is 2.61. The van der Waals surface area contributed by atoms with E-state index >= 15 is 0 Å². The zero-order valence-corrected chi connectivity index (χ0v) is 7.32. The quantitative estimate of drug-likeness (QED) is 0.603. The molecule has 0 amide bonds. The summed E-state index contributed by atoms with van der Waals surface area (Å²) in [6, 6.07) is 0. The number of carbonyl (C=O) groups is 1. The van der Waals surface area contributed by atoms with Gasteiger partial charge in [0.2, 0.25) is 0 Å². The lowest BCUT2D eigenvalue weighted by Gasteiger charge is -2.07. The predicted octanol–water partition coefficient (Wildman–Crippen LogP) is 0.623. The largest absolute Gasteiger partial charge is 0.458 e. The molecule has 0 aromatic heterocycles. The van der Waals surface area contributed by atoms with Crippen molar-refractivity contribution in [2.24, 2.45) is 0 Å². The van der Waals surface area contributed by atoms with Crippen LogP contribution in [0, 0.1) is 0 Å². The van der Waals surface area contributed by atoms with Gasteiger partial charge in [0.25, 0.3) is 0 Å². The van der Waals surface area contributed by atoms with Gasteiger partial charge in [-0.15, -0.1) is 0 Å². The molecule has 0 aromatic rings. The van der Waals surface area contributed by atoms with Gasteiger partial charge >= 0.3 is 5.97 Å². The number of carbonyl (C=O) groups excluding carboxylic acids is 1. The van der Waals surface area contributed by atoms with Crippen molar-refractivity contribution in [3.05, 3.63) is 11.6 Å². The Morgan fingerprint density at radius 3 is 2.77 bits per heavy atom. The Bertz CT molecular complexity index is 228. The summed E-state index contributed by atoms with van der Waals surface area (Å²) in [6.45, 7) is 1.80. The normalized spacial score (nSPS) is 23.4. The van der Waals surface area contributed by atoms with Gasteiger partial charge in [0.15, 0.2) is 6.29 Å². The van der Waals surface area contributed by atoms with Crippen LogP contribution in [0.2, 0.25) is 0 Å². The van der Waals surface area contributed by atoms with Gasteiger partial charge < -0.3 is 14.2 Å². The molecule has 72 valence electrons. The minimum Gasteiger partial charge on any atom is -0.458 e. The van der Waals surface area contributed by atoms with E-state index in [1.54, 1.807) is 6.08 Å². The summed E-state index contributed by atoms with van der Waals surface area (Å²) >= 11 is 0. The molecule has 2 aliphatic heterocycles. The zero-order valence-electron chi connectivity index (χ0n) is 7.32. The molecule has 0 bridgehead atoms. The van der Waals surface area contributed by atoms with Gasteiger partial charge in [0, 0.05) is 12.5 Å². The van der Waals surface area contributed by atoms with Crippen LogP contribution in [0.1, 0.15) is 12.8 Å². The molecule has 0 atom stereocenters. The topological polar surface area (TPSA) is 44.8 Å². The van der Waals surface area contributed by atoms with Crippen LogP contribution in [-0.2, 0) is 19.0 Å². The third-order valence-electron chi connectivity index (χ3n) is 2.11. The first-order valence-corrected chi connectivity index (χ1v) is 4.44. The minimum atomic E-state index is -0.233. The highest BCUT2D eigenvalue weighted by atomic mass is 16.7. The molecule has 2 heterocycles. The molecule has 0 N–H and O–H groups in total. The van der Waals surface area contributed by atoms with Crippen LogP contribution in [0.5, 0.6) is 0 Å². The molecular formula is C9H12O4. The predicted molar refractivity (Wildman–Crippen MR) is 44.0 cm³/mol. The molecule has 0 aromatic carbocycles. The number of hydrogen-bond donors (Lipinski definition) is 0. The Hall–Kier alpha value is -0.870. The van der Waals surface area contributed by atoms with E-state index < -0.39 is 0 Å². The van der Waals surface area contributed by atoms with Gasteiger partial charge in [-0.25, -0.2) is 4.79 Å². The van der Waals surface area contributed by atoms with E-state index in [0.717, 1.165) is 18.4 Å². The average molecular weight is 184 g/mol. The maximum atomic E-state index is 10.7. The SMILES string of the molecule is O=C1C=C(CCC2OCCO2)CO1. The Balaban J connectivity index is 1.73. The Morgan fingerprint density at radius 2 is 2.15 bits per heavy atom. The van der Waals surface area contributed by atoms with E-state index in [1.165, 1.54) is 0 Å². The van der Waals surface area contributed by atoms with Gasteiger partial charge in [-0.2, -0.15) is 0 Å². The first-order valence-electron chi connectivity index (χ1n) is 4.44. The number of hydrogen-bond acceptors (Lipinski definition) is 4. The summed E-state index contributed by atoms with van der Waals surface area (Å²) in [5, 5.41) is 0. The van der Waals surface area contributed by atoms with Crippen molar-refractivity contribution < 1.29 is 19.0 Å². The van der Waals surface area contributed by atoms with Crippen LogP contribution < -0.4 is 0 Å². The van der Waals surface area contributed by atoms with Gasteiger partial charge in [0.1, 0.15) is 6.61 Å². The molecule has 13 heavy (non-hydrogen) atoms. The zero-order chi connectivity index (χ0) is 9.10. The Morgan fingerprint density at radius 1 is 1.38 bits per heavy atom. The lowest BCUT2D eigenvalue weighted by atomic mass is 10.1. The maximum absolute atomic E-state index is 10.7. The average Bonchev–Trinajstić information content (AvgIpc) is 2.71. The van der Waals surface area contributed by atoms with Gasteiger partial charge in [-0.1, -0.05) is 0 Å². The van der Waals surface area contributed by atoms with Gasteiger partial charge in [-0.3, -0.25) is 0 Å². The fourth-order valence-corrected chi connectivity index (χ4v) is 1.44. The van der Waals surface area contributed by atoms with Crippen LogP contribution in [0.25, 0.3) is 0 Å². The van der Waals surface area contributed by atoms with Crippen LogP contribution >= 0.6 is 0 Å². The number of ether oxygens (including phenoxy) is 3. The van der Waals surface area contributed by atoms with Crippen LogP contribution in [0.15, 0.2) is 11.6 Å². The molecule has 2 rings (SSSR count). The lowest BCUT2D eigenvalue weighted by Crippen LogP contribution is -2.07. The molecule has 4 nitrogen and oxygen atoms in total.